The third-order valence-corrected chi connectivity index (χ3v) is 2.33. The first-order chi connectivity index (χ1) is 6.38. The molecule has 0 saturated heterocycles. The van der Waals surface area contributed by atoms with Crippen molar-refractivity contribution in [1.29, 1.82) is 0 Å². The molecule has 1 atom stereocenters. The van der Waals surface area contributed by atoms with Crippen LogP contribution in [0.15, 0.2) is 36.2 Å². The van der Waals surface area contributed by atoms with E-state index in [1.54, 1.807) is 0 Å². The van der Waals surface area contributed by atoms with Gasteiger partial charge in [-0.15, -0.1) is 0 Å². The topological polar surface area (TPSA) is 12.0 Å². The van der Waals surface area contributed by atoms with E-state index in [1.807, 2.05) is 18.4 Å². The first-order valence-corrected chi connectivity index (χ1v) is 4.97. The lowest BCUT2D eigenvalue weighted by molar-refractivity contribution is 0.525. The molecule has 0 amide bonds. The standard InChI is InChI=1S/C12H18N/c1-3-8-11(4-2)12-9-6-5-7-10-13-12/h5-7,9-11,13H,1,3-4,8H2,2H3. The van der Waals surface area contributed by atoms with E-state index in [4.69, 9.17) is 0 Å². The van der Waals surface area contributed by atoms with Crippen LogP contribution in [0.4, 0.5) is 0 Å². The van der Waals surface area contributed by atoms with Crippen molar-refractivity contribution in [3.8, 4) is 0 Å². The summed E-state index contributed by atoms with van der Waals surface area (Å²) in [5, 5.41) is 3.31. The first-order valence-electron chi connectivity index (χ1n) is 4.97. The molecule has 1 heteroatoms. The van der Waals surface area contributed by atoms with Gasteiger partial charge >= 0.3 is 0 Å². The summed E-state index contributed by atoms with van der Waals surface area (Å²) in [7, 11) is 0. The summed E-state index contributed by atoms with van der Waals surface area (Å²) in [6.07, 6.45) is 13.6. The fraction of sp³-hybridized carbons (Fsp3) is 0.417. The van der Waals surface area contributed by atoms with Crippen molar-refractivity contribution in [2.75, 3.05) is 0 Å². The van der Waals surface area contributed by atoms with Crippen LogP contribution in [-0.2, 0) is 0 Å². The normalized spacial score (nSPS) is 17.5. The maximum absolute atomic E-state index is 3.90. The van der Waals surface area contributed by atoms with Gasteiger partial charge in [0.25, 0.3) is 0 Å². The molecule has 1 nitrogen and oxygen atoms in total. The molecule has 0 bridgehead atoms. The Hall–Kier alpha value is -0.980. The molecule has 0 aromatic carbocycles. The summed E-state index contributed by atoms with van der Waals surface area (Å²) in [5.74, 6) is 0.630. The minimum absolute atomic E-state index is 0.630. The Balaban J connectivity index is 2.61. The monoisotopic (exact) mass is 176 g/mol. The third kappa shape index (κ3) is 3.10. The maximum atomic E-state index is 3.90. The van der Waals surface area contributed by atoms with Crippen LogP contribution >= 0.6 is 0 Å². The zero-order valence-corrected chi connectivity index (χ0v) is 8.29. The lowest BCUT2D eigenvalue weighted by atomic mass is 9.96. The molecule has 1 aliphatic heterocycles. The lowest BCUT2D eigenvalue weighted by Gasteiger charge is -2.17. The summed E-state index contributed by atoms with van der Waals surface area (Å²) >= 11 is 0. The molecular weight excluding hydrogens is 158 g/mol. The highest BCUT2D eigenvalue weighted by atomic mass is 14.9. The second-order valence-electron chi connectivity index (χ2n) is 3.26. The molecule has 0 aromatic heterocycles. The van der Waals surface area contributed by atoms with Crippen molar-refractivity contribution < 1.29 is 0 Å². The van der Waals surface area contributed by atoms with Gasteiger partial charge in [0, 0.05) is 11.9 Å². The Bertz CT molecular complexity index is 223. The van der Waals surface area contributed by atoms with E-state index in [9.17, 15) is 0 Å². The first kappa shape index (κ1) is 10.1. The van der Waals surface area contributed by atoms with Crippen LogP contribution < -0.4 is 5.32 Å². The molecule has 1 rings (SSSR count). The van der Waals surface area contributed by atoms with E-state index < -0.39 is 0 Å². The van der Waals surface area contributed by atoms with Gasteiger partial charge in [-0.25, -0.2) is 0 Å². The van der Waals surface area contributed by atoms with E-state index in [1.165, 1.54) is 12.1 Å². The minimum atomic E-state index is 0.630. The zero-order chi connectivity index (χ0) is 9.52. The average Bonchev–Trinajstić information content (AvgIpc) is 2.42. The Kier molecular flexibility index (Phi) is 4.37. The van der Waals surface area contributed by atoms with Crippen molar-refractivity contribution in [2.45, 2.75) is 26.2 Å². The lowest BCUT2D eigenvalue weighted by Crippen LogP contribution is -2.14. The molecule has 0 fully saturated rings. The third-order valence-electron chi connectivity index (χ3n) is 2.33. The van der Waals surface area contributed by atoms with Crippen molar-refractivity contribution in [3.05, 3.63) is 43.1 Å². The number of nitrogens with one attached hydrogen (secondary N) is 1. The molecule has 1 aliphatic rings. The number of hydrogen-bond donors (Lipinski definition) is 1. The summed E-state index contributed by atoms with van der Waals surface area (Å²) in [4.78, 5) is 0. The fourth-order valence-corrected chi connectivity index (χ4v) is 1.55. The predicted octanol–water partition coefficient (Wildman–Crippen LogP) is 3.18. The van der Waals surface area contributed by atoms with Gasteiger partial charge in [0.15, 0.2) is 0 Å². The van der Waals surface area contributed by atoms with Crippen molar-refractivity contribution in [1.82, 2.24) is 5.32 Å². The molecule has 0 spiro atoms. The van der Waals surface area contributed by atoms with Gasteiger partial charge in [0.2, 0.25) is 0 Å². The molecule has 1 unspecified atom stereocenters. The van der Waals surface area contributed by atoms with E-state index in [2.05, 4.69) is 31.3 Å². The molecule has 1 heterocycles. The summed E-state index contributed by atoms with van der Waals surface area (Å²) < 4.78 is 0. The van der Waals surface area contributed by atoms with Crippen LogP contribution in [-0.4, -0.2) is 0 Å². The highest BCUT2D eigenvalue weighted by Crippen LogP contribution is 2.19. The van der Waals surface area contributed by atoms with Crippen LogP contribution in [0.25, 0.3) is 0 Å². The zero-order valence-electron chi connectivity index (χ0n) is 8.29. The minimum Gasteiger partial charge on any atom is -0.365 e. The quantitative estimate of drug-likeness (QED) is 0.693. The van der Waals surface area contributed by atoms with Crippen LogP contribution in [0.2, 0.25) is 0 Å². The molecule has 1 N–H and O–H groups in total. The van der Waals surface area contributed by atoms with E-state index >= 15 is 0 Å². The van der Waals surface area contributed by atoms with E-state index in [0.29, 0.717) is 5.92 Å². The number of allylic oxidation sites excluding steroid dienone is 5. The Labute approximate surface area is 81.2 Å². The van der Waals surface area contributed by atoms with Gasteiger partial charge in [-0.05, 0) is 30.9 Å². The Morgan fingerprint density at radius 2 is 2.23 bits per heavy atom. The predicted molar refractivity (Wildman–Crippen MR) is 57.9 cm³/mol. The summed E-state index contributed by atoms with van der Waals surface area (Å²) in [5.41, 5.74) is 1.32. The molecule has 0 aromatic rings. The largest absolute Gasteiger partial charge is 0.365 e. The summed E-state index contributed by atoms with van der Waals surface area (Å²) in [6.45, 7) is 6.12. The van der Waals surface area contributed by atoms with E-state index in [0.717, 1.165) is 12.8 Å². The second-order valence-corrected chi connectivity index (χ2v) is 3.26. The van der Waals surface area contributed by atoms with Gasteiger partial charge in [0.05, 0.1) is 0 Å². The highest BCUT2D eigenvalue weighted by Gasteiger charge is 2.09. The van der Waals surface area contributed by atoms with Gasteiger partial charge < -0.3 is 5.32 Å². The van der Waals surface area contributed by atoms with Gasteiger partial charge in [-0.2, -0.15) is 0 Å². The summed E-state index contributed by atoms with van der Waals surface area (Å²) in [6, 6.07) is 0. The van der Waals surface area contributed by atoms with Crippen LogP contribution in [0.1, 0.15) is 26.2 Å². The number of hydrogen-bond acceptors (Lipinski definition) is 1. The van der Waals surface area contributed by atoms with Crippen LogP contribution in [0.3, 0.4) is 0 Å². The molecule has 1 radical (unpaired) electrons. The molecule has 0 saturated carbocycles. The SMILES string of the molecule is [CH2]CCC(CC)C1=CC=CC=CN1. The van der Waals surface area contributed by atoms with Crippen molar-refractivity contribution in [2.24, 2.45) is 5.92 Å². The van der Waals surface area contributed by atoms with Gasteiger partial charge in [0.1, 0.15) is 0 Å². The van der Waals surface area contributed by atoms with Crippen LogP contribution in [0, 0.1) is 12.8 Å². The maximum Gasteiger partial charge on any atom is 0.0177 e. The number of rotatable bonds is 4. The second kappa shape index (κ2) is 5.63. The van der Waals surface area contributed by atoms with E-state index in [-0.39, 0.29) is 0 Å². The van der Waals surface area contributed by atoms with Gasteiger partial charge in [-0.3, -0.25) is 0 Å². The van der Waals surface area contributed by atoms with Crippen molar-refractivity contribution >= 4 is 0 Å². The Morgan fingerprint density at radius 1 is 1.38 bits per heavy atom. The molecule has 13 heavy (non-hydrogen) atoms. The van der Waals surface area contributed by atoms with Crippen molar-refractivity contribution in [3.63, 3.8) is 0 Å². The smallest absolute Gasteiger partial charge is 0.0177 e. The Morgan fingerprint density at radius 3 is 2.92 bits per heavy atom. The van der Waals surface area contributed by atoms with Crippen LogP contribution in [0.5, 0.6) is 0 Å². The molecule has 71 valence electrons. The average molecular weight is 176 g/mol. The highest BCUT2D eigenvalue weighted by molar-refractivity contribution is 5.22. The molecule has 0 aliphatic carbocycles. The fourth-order valence-electron chi connectivity index (χ4n) is 1.55. The van der Waals surface area contributed by atoms with Gasteiger partial charge in [-0.1, -0.05) is 32.4 Å². The molecular formula is C12H18N.